The Kier molecular flexibility index (Phi) is 6.76. The Bertz CT molecular complexity index is 1350. The zero-order valence-corrected chi connectivity index (χ0v) is 21.0. The van der Waals surface area contributed by atoms with Gasteiger partial charge in [0.15, 0.2) is 11.5 Å². The SMILES string of the molecule is CCCCOc1ccc(C2c3c(-c4ccccc4)n[nH]c3C(=O)N2Cc2ccc(C)cc2)cc1OC. The molecule has 0 aliphatic carbocycles. The zero-order valence-electron chi connectivity index (χ0n) is 21.0. The van der Waals surface area contributed by atoms with Crippen LogP contribution in [0.1, 0.15) is 58.5 Å². The summed E-state index contributed by atoms with van der Waals surface area (Å²) in [6.45, 7) is 5.32. The largest absolute Gasteiger partial charge is 0.493 e. The number of carbonyl (C=O) groups is 1. The normalized spacial score (nSPS) is 14.7. The molecule has 0 saturated heterocycles. The van der Waals surface area contributed by atoms with Crippen LogP contribution in [0, 0.1) is 6.92 Å². The van der Waals surface area contributed by atoms with Crippen molar-refractivity contribution in [2.45, 2.75) is 39.3 Å². The average Bonchev–Trinajstić information content (AvgIpc) is 3.45. The second-order valence-electron chi connectivity index (χ2n) is 9.16. The van der Waals surface area contributed by atoms with Crippen molar-refractivity contribution < 1.29 is 14.3 Å². The number of rotatable bonds is 9. The fourth-order valence-corrected chi connectivity index (χ4v) is 4.71. The van der Waals surface area contributed by atoms with Crippen LogP contribution in [-0.2, 0) is 6.54 Å². The van der Waals surface area contributed by atoms with Crippen LogP contribution in [0.2, 0.25) is 0 Å². The Balaban J connectivity index is 1.59. The van der Waals surface area contributed by atoms with E-state index in [1.54, 1.807) is 7.11 Å². The molecule has 1 aliphatic rings. The van der Waals surface area contributed by atoms with Gasteiger partial charge in [-0.15, -0.1) is 0 Å². The molecule has 2 heterocycles. The van der Waals surface area contributed by atoms with Gasteiger partial charge in [0, 0.05) is 17.7 Å². The first kappa shape index (κ1) is 23.7. The van der Waals surface area contributed by atoms with Gasteiger partial charge in [-0.2, -0.15) is 5.10 Å². The van der Waals surface area contributed by atoms with Crippen LogP contribution < -0.4 is 9.47 Å². The molecule has 6 heteroatoms. The van der Waals surface area contributed by atoms with E-state index in [9.17, 15) is 4.79 Å². The molecule has 0 bridgehead atoms. The monoisotopic (exact) mass is 481 g/mol. The number of methoxy groups -OCH3 is 1. The minimum atomic E-state index is -0.318. The van der Waals surface area contributed by atoms with Crippen molar-refractivity contribution in [1.29, 1.82) is 0 Å². The molecule has 0 spiro atoms. The van der Waals surface area contributed by atoms with Crippen LogP contribution in [0.3, 0.4) is 0 Å². The maximum Gasteiger partial charge on any atom is 0.273 e. The molecule has 1 N–H and O–H groups in total. The van der Waals surface area contributed by atoms with Gasteiger partial charge >= 0.3 is 0 Å². The smallest absolute Gasteiger partial charge is 0.273 e. The third-order valence-electron chi connectivity index (χ3n) is 6.64. The number of hydrogen-bond acceptors (Lipinski definition) is 4. The quantitative estimate of drug-likeness (QED) is 0.284. The van der Waals surface area contributed by atoms with Gasteiger partial charge in [0.2, 0.25) is 0 Å². The first-order chi connectivity index (χ1) is 17.6. The molecule has 3 aromatic carbocycles. The summed E-state index contributed by atoms with van der Waals surface area (Å²) in [4.78, 5) is 15.6. The minimum Gasteiger partial charge on any atom is -0.493 e. The fraction of sp³-hybridized carbons (Fsp3) is 0.267. The fourth-order valence-electron chi connectivity index (χ4n) is 4.71. The van der Waals surface area contributed by atoms with Gasteiger partial charge < -0.3 is 14.4 Å². The van der Waals surface area contributed by atoms with E-state index < -0.39 is 0 Å². The third-order valence-corrected chi connectivity index (χ3v) is 6.64. The Morgan fingerprint density at radius 3 is 2.50 bits per heavy atom. The average molecular weight is 482 g/mol. The summed E-state index contributed by atoms with van der Waals surface area (Å²) in [5.41, 5.74) is 6.40. The Labute approximate surface area is 211 Å². The number of carbonyl (C=O) groups excluding carboxylic acids is 1. The summed E-state index contributed by atoms with van der Waals surface area (Å²) in [6.07, 6.45) is 2.04. The molecule has 1 unspecified atom stereocenters. The van der Waals surface area contributed by atoms with Crippen molar-refractivity contribution in [2.75, 3.05) is 13.7 Å². The van der Waals surface area contributed by atoms with Crippen LogP contribution in [0.4, 0.5) is 0 Å². The highest BCUT2D eigenvalue weighted by Crippen LogP contribution is 2.45. The van der Waals surface area contributed by atoms with E-state index in [4.69, 9.17) is 9.47 Å². The summed E-state index contributed by atoms with van der Waals surface area (Å²) in [6, 6.07) is 23.9. The Morgan fingerprint density at radius 2 is 1.78 bits per heavy atom. The van der Waals surface area contributed by atoms with Gasteiger partial charge in [0.25, 0.3) is 5.91 Å². The molecule has 0 radical (unpaired) electrons. The molecule has 0 saturated carbocycles. The number of benzene rings is 3. The minimum absolute atomic E-state index is 0.0625. The zero-order chi connectivity index (χ0) is 25.1. The summed E-state index contributed by atoms with van der Waals surface area (Å²) in [7, 11) is 1.65. The van der Waals surface area contributed by atoms with Crippen molar-refractivity contribution in [2.24, 2.45) is 0 Å². The molecule has 5 rings (SSSR count). The number of fused-ring (bicyclic) bond motifs is 1. The molecule has 36 heavy (non-hydrogen) atoms. The molecule has 4 aromatic rings. The lowest BCUT2D eigenvalue weighted by molar-refractivity contribution is 0.0730. The van der Waals surface area contributed by atoms with Crippen molar-refractivity contribution in [3.63, 3.8) is 0 Å². The second kappa shape index (κ2) is 10.3. The first-order valence-electron chi connectivity index (χ1n) is 12.4. The number of aryl methyl sites for hydroxylation is 1. The highest BCUT2D eigenvalue weighted by molar-refractivity contribution is 6.00. The van der Waals surface area contributed by atoms with E-state index in [1.807, 2.05) is 53.4 Å². The van der Waals surface area contributed by atoms with Gasteiger partial charge in [-0.05, 0) is 36.6 Å². The van der Waals surface area contributed by atoms with E-state index in [0.717, 1.165) is 40.8 Å². The third kappa shape index (κ3) is 4.47. The maximum absolute atomic E-state index is 13.7. The summed E-state index contributed by atoms with van der Waals surface area (Å²) >= 11 is 0. The molecule has 1 amide bonds. The predicted octanol–water partition coefficient (Wildman–Crippen LogP) is 6.32. The number of ether oxygens (including phenoxy) is 2. The number of hydrogen-bond donors (Lipinski definition) is 1. The molecular formula is C30H31N3O3. The highest BCUT2D eigenvalue weighted by atomic mass is 16.5. The van der Waals surface area contributed by atoms with Crippen molar-refractivity contribution in [3.8, 4) is 22.8 Å². The second-order valence-corrected chi connectivity index (χ2v) is 9.16. The maximum atomic E-state index is 13.7. The standard InChI is InChI=1S/C30H31N3O3/c1-4-5-17-36-24-16-15-23(18-25(24)35-3)29-26-27(22-9-7-6-8-10-22)31-32-28(26)30(34)33(29)19-21-13-11-20(2)12-14-21/h6-16,18,29H,4-5,17,19H2,1-3H3,(H,31,32). The van der Waals surface area contributed by atoms with Gasteiger partial charge in [-0.1, -0.05) is 79.6 Å². The van der Waals surface area contributed by atoms with E-state index in [-0.39, 0.29) is 11.9 Å². The molecule has 184 valence electrons. The van der Waals surface area contributed by atoms with E-state index in [0.29, 0.717) is 30.3 Å². The predicted molar refractivity (Wildman–Crippen MR) is 140 cm³/mol. The van der Waals surface area contributed by atoms with Crippen LogP contribution in [0.5, 0.6) is 11.5 Å². The number of aromatic amines is 1. The molecule has 1 aliphatic heterocycles. The summed E-state index contributed by atoms with van der Waals surface area (Å²) < 4.78 is 11.7. The van der Waals surface area contributed by atoms with Crippen LogP contribution in [0.25, 0.3) is 11.3 Å². The van der Waals surface area contributed by atoms with Crippen LogP contribution in [0.15, 0.2) is 72.8 Å². The molecule has 1 atom stereocenters. The topological polar surface area (TPSA) is 67.5 Å². The first-order valence-corrected chi connectivity index (χ1v) is 12.4. The van der Waals surface area contributed by atoms with E-state index in [1.165, 1.54) is 5.56 Å². The van der Waals surface area contributed by atoms with Gasteiger partial charge in [0.05, 0.1) is 25.5 Å². The van der Waals surface area contributed by atoms with Crippen molar-refractivity contribution in [1.82, 2.24) is 15.1 Å². The van der Waals surface area contributed by atoms with Crippen LogP contribution >= 0.6 is 0 Å². The van der Waals surface area contributed by atoms with Crippen molar-refractivity contribution in [3.05, 3.63) is 101 Å². The number of nitrogens with one attached hydrogen (secondary N) is 1. The van der Waals surface area contributed by atoms with E-state index in [2.05, 4.69) is 48.3 Å². The lowest BCUT2D eigenvalue weighted by atomic mass is 9.95. The lowest BCUT2D eigenvalue weighted by Crippen LogP contribution is -2.29. The number of aromatic nitrogens is 2. The molecule has 1 aromatic heterocycles. The van der Waals surface area contributed by atoms with E-state index >= 15 is 0 Å². The van der Waals surface area contributed by atoms with Crippen LogP contribution in [-0.4, -0.2) is 34.7 Å². The number of amides is 1. The number of H-pyrrole nitrogens is 1. The summed E-state index contributed by atoms with van der Waals surface area (Å²) in [5, 5.41) is 7.61. The molecular weight excluding hydrogens is 450 g/mol. The number of nitrogens with zero attached hydrogens (tertiary/aromatic N) is 2. The highest BCUT2D eigenvalue weighted by Gasteiger charge is 2.42. The Morgan fingerprint density at radius 1 is 1.00 bits per heavy atom. The van der Waals surface area contributed by atoms with Gasteiger partial charge in [-0.3, -0.25) is 9.89 Å². The van der Waals surface area contributed by atoms with Gasteiger partial charge in [-0.25, -0.2) is 0 Å². The Hall–Kier alpha value is -4.06. The molecule has 0 fully saturated rings. The number of unbranched alkanes of at least 4 members (excludes halogenated alkanes) is 1. The molecule has 6 nitrogen and oxygen atoms in total. The summed E-state index contributed by atoms with van der Waals surface area (Å²) in [5.74, 6) is 1.30. The van der Waals surface area contributed by atoms with Crippen molar-refractivity contribution >= 4 is 5.91 Å². The lowest BCUT2D eigenvalue weighted by Gasteiger charge is -2.27. The van der Waals surface area contributed by atoms with Gasteiger partial charge in [0.1, 0.15) is 5.69 Å².